The van der Waals surface area contributed by atoms with E-state index in [-0.39, 0.29) is 13.0 Å². The number of aliphatic hydroxyl groups is 5. The van der Waals surface area contributed by atoms with Gasteiger partial charge in [0.05, 0.1) is 25.4 Å². The number of hydrogen-bond donors (Lipinski definition) is 6. The van der Waals surface area contributed by atoms with E-state index in [2.05, 4.69) is 62.5 Å². The summed E-state index contributed by atoms with van der Waals surface area (Å²) in [5, 5.41) is 57.3. The lowest BCUT2D eigenvalue weighted by Crippen LogP contribution is -2.61. The number of allylic oxidation sites excluding steroid dienone is 7. The number of esters is 1. The normalized spacial score (nSPS) is 18.5. The highest BCUT2D eigenvalue weighted by molar-refractivity contribution is 5.80. The van der Waals surface area contributed by atoms with Gasteiger partial charge >= 0.3 is 5.97 Å². The van der Waals surface area contributed by atoms with Crippen LogP contribution in [0.25, 0.3) is 0 Å². The molecule has 0 spiro atoms. The molecule has 8 unspecified atom stereocenters. The quantitative estimate of drug-likeness (QED) is 0.0195. The fourth-order valence-electron chi connectivity index (χ4n) is 11.8. The molecule has 0 saturated carbocycles. The molecule has 510 valence electrons. The van der Waals surface area contributed by atoms with Crippen molar-refractivity contribution in [1.29, 1.82) is 0 Å². The summed E-state index contributed by atoms with van der Waals surface area (Å²) in [6.45, 7) is 5.81. The van der Waals surface area contributed by atoms with E-state index < -0.39 is 67.4 Å². The Labute approximate surface area is 536 Å². The molecule has 0 radical (unpaired) electrons. The second-order valence-electron chi connectivity index (χ2n) is 26.0. The standard InChI is InChI=1S/C76H141NO10/c1-4-7-10-13-16-19-22-24-26-28-30-32-34-36-37-39-41-43-45-48-51-54-57-60-63-69(80)75(84)77-67(68(79)62-59-56-53-50-47-21-18-15-12-9-6-3)66-85-76-74(73(83)72(82)70(65-78)86-76)87-71(81)64-61-58-55-52-49-46-44-42-40-38-35-33-31-29-27-25-23-20-17-14-11-8-5-2/h16,19,24,26,30,32,59,62,67-70,72-74,76,78-80,82-83H,4-15,17-18,20-23,25,27-29,31,33-58,60-61,63-66H2,1-3H3,(H,77,84)/b19-16-,26-24-,32-30-,62-59+. The lowest BCUT2D eigenvalue weighted by Gasteiger charge is -2.41. The lowest BCUT2D eigenvalue weighted by molar-refractivity contribution is -0.305. The smallest absolute Gasteiger partial charge is 0.306 e. The molecule has 11 nitrogen and oxygen atoms in total. The van der Waals surface area contributed by atoms with Gasteiger partial charge in [-0.05, 0) is 64.2 Å². The average molecular weight is 1230 g/mol. The molecular weight excluding hydrogens is 1090 g/mol. The Balaban J connectivity index is 2.52. The minimum absolute atomic E-state index is 0.128. The van der Waals surface area contributed by atoms with Crippen molar-refractivity contribution in [2.75, 3.05) is 13.2 Å². The molecule has 1 aliphatic rings. The molecule has 0 aromatic carbocycles. The molecule has 1 amide bonds. The van der Waals surface area contributed by atoms with Gasteiger partial charge in [-0.3, -0.25) is 9.59 Å². The Morgan fingerprint density at radius 3 is 1.21 bits per heavy atom. The highest BCUT2D eigenvalue weighted by Crippen LogP contribution is 2.27. The van der Waals surface area contributed by atoms with Crippen LogP contribution in [0.2, 0.25) is 0 Å². The van der Waals surface area contributed by atoms with Gasteiger partial charge in [0.25, 0.3) is 0 Å². The first kappa shape index (κ1) is 82.6. The molecule has 6 N–H and O–H groups in total. The van der Waals surface area contributed by atoms with Crippen LogP contribution < -0.4 is 5.32 Å². The van der Waals surface area contributed by atoms with Gasteiger partial charge in [-0.2, -0.15) is 0 Å². The van der Waals surface area contributed by atoms with Crippen molar-refractivity contribution < 1.29 is 49.3 Å². The van der Waals surface area contributed by atoms with Crippen LogP contribution in [0.5, 0.6) is 0 Å². The van der Waals surface area contributed by atoms with Gasteiger partial charge in [-0.25, -0.2) is 0 Å². The number of nitrogens with one attached hydrogen (secondary N) is 1. The minimum Gasteiger partial charge on any atom is -0.454 e. The summed E-state index contributed by atoms with van der Waals surface area (Å²) in [7, 11) is 0. The molecule has 0 bridgehead atoms. The van der Waals surface area contributed by atoms with Crippen molar-refractivity contribution in [3.8, 4) is 0 Å². The van der Waals surface area contributed by atoms with E-state index in [4.69, 9.17) is 14.2 Å². The summed E-state index contributed by atoms with van der Waals surface area (Å²) in [6, 6.07) is -1.02. The molecule has 8 atom stereocenters. The number of amides is 1. The highest BCUT2D eigenvalue weighted by atomic mass is 16.7. The van der Waals surface area contributed by atoms with Crippen LogP contribution in [0.15, 0.2) is 48.6 Å². The number of rotatable bonds is 65. The van der Waals surface area contributed by atoms with Gasteiger partial charge < -0.3 is 45.1 Å². The predicted molar refractivity (Wildman–Crippen MR) is 366 cm³/mol. The number of unbranched alkanes of at least 4 members (excludes halogenated alkanes) is 45. The first-order valence-corrected chi connectivity index (χ1v) is 37.4. The number of aliphatic hydroxyl groups excluding tert-OH is 5. The van der Waals surface area contributed by atoms with Gasteiger partial charge in [0, 0.05) is 6.42 Å². The van der Waals surface area contributed by atoms with Crippen LogP contribution in [-0.2, 0) is 23.8 Å². The molecule has 1 heterocycles. The molecule has 0 aromatic heterocycles. The van der Waals surface area contributed by atoms with E-state index >= 15 is 0 Å². The lowest BCUT2D eigenvalue weighted by atomic mass is 9.99. The van der Waals surface area contributed by atoms with E-state index in [0.717, 1.165) is 77.0 Å². The maximum absolute atomic E-state index is 13.5. The summed E-state index contributed by atoms with van der Waals surface area (Å²) in [4.78, 5) is 26.7. The second-order valence-corrected chi connectivity index (χ2v) is 26.0. The zero-order valence-corrected chi connectivity index (χ0v) is 56.9. The van der Waals surface area contributed by atoms with Gasteiger partial charge in [-0.1, -0.05) is 339 Å². The minimum atomic E-state index is -1.61. The van der Waals surface area contributed by atoms with E-state index in [0.29, 0.717) is 19.3 Å². The van der Waals surface area contributed by atoms with Gasteiger partial charge in [0.15, 0.2) is 12.4 Å². The molecule has 87 heavy (non-hydrogen) atoms. The topological polar surface area (TPSA) is 175 Å². The van der Waals surface area contributed by atoms with Crippen molar-refractivity contribution in [2.45, 2.75) is 410 Å². The third-order valence-electron chi connectivity index (χ3n) is 17.7. The molecular formula is C76H141NO10. The van der Waals surface area contributed by atoms with Gasteiger partial charge in [-0.15, -0.1) is 0 Å². The van der Waals surface area contributed by atoms with Crippen molar-refractivity contribution in [3.05, 3.63) is 48.6 Å². The first-order chi connectivity index (χ1) is 42.7. The average Bonchev–Trinajstić information content (AvgIpc) is 1.30. The number of ether oxygens (including phenoxy) is 3. The molecule has 1 aliphatic heterocycles. The molecule has 1 saturated heterocycles. The maximum Gasteiger partial charge on any atom is 0.306 e. The maximum atomic E-state index is 13.5. The van der Waals surface area contributed by atoms with Crippen LogP contribution in [0.3, 0.4) is 0 Å². The Kier molecular flexibility index (Phi) is 60.6. The van der Waals surface area contributed by atoms with E-state index in [1.165, 1.54) is 238 Å². The van der Waals surface area contributed by atoms with Crippen molar-refractivity contribution >= 4 is 11.9 Å². The fourth-order valence-corrected chi connectivity index (χ4v) is 11.8. The zero-order chi connectivity index (χ0) is 63.1. The van der Waals surface area contributed by atoms with Crippen molar-refractivity contribution in [2.24, 2.45) is 0 Å². The molecule has 11 heteroatoms. The highest BCUT2D eigenvalue weighted by Gasteiger charge is 2.47. The summed E-state index contributed by atoms with van der Waals surface area (Å²) in [5.74, 6) is -1.18. The van der Waals surface area contributed by atoms with Gasteiger partial charge in [0.2, 0.25) is 5.91 Å². The van der Waals surface area contributed by atoms with Crippen molar-refractivity contribution in [1.82, 2.24) is 5.32 Å². The Hall–Kier alpha value is -2.38. The van der Waals surface area contributed by atoms with Crippen LogP contribution >= 0.6 is 0 Å². The van der Waals surface area contributed by atoms with Crippen LogP contribution in [0.4, 0.5) is 0 Å². The predicted octanol–water partition coefficient (Wildman–Crippen LogP) is 19.5. The molecule has 0 aliphatic carbocycles. The summed E-state index contributed by atoms with van der Waals surface area (Å²) < 4.78 is 17.7. The number of carbonyl (C=O) groups excluding carboxylic acids is 2. The molecule has 1 fully saturated rings. The first-order valence-electron chi connectivity index (χ1n) is 37.4. The second kappa shape index (κ2) is 63.8. The van der Waals surface area contributed by atoms with E-state index in [1.807, 2.05) is 6.08 Å². The Morgan fingerprint density at radius 2 is 0.793 bits per heavy atom. The van der Waals surface area contributed by atoms with Crippen LogP contribution in [-0.4, -0.2) is 99.6 Å². The third kappa shape index (κ3) is 50.9. The summed E-state index contributed by atoms with van der Waals surface area (Å²) >= 11 is 0. The molecule has 0 aromatic rings. The van der Waals surface area contributed by atoms with Crippen LogP contribution in [0.1, 0.15) is 361 Å². The van der Waals surface area contributed by atoms with E-state index in [9.17, 15) is 35.1 Å². The SMILES string of the molecule is CCCCC/C=C\C/C=C\C/C=C\CCCCCCCCCCCCCC(O)C(=O)NC(COC1OC(CO)C(O)C(O)C1OC(=O)CCCCCCCCCCCCCCCCCCCCCCCCC)C(O)/C=C/CCCCCCCCCCC. The number of hydrogen-bond acceptors (Lipinski definition) is 10. The van der Waals surface area contributed by atoms with E-state index in [1.54, 1.807) is 6.08 Å². The Morgan fingerprint density at radius 1 is 0.448 bits per heavy atom. The zero-order valence-electron chi connectivity index (χ0n) is 56.9. The fraction of sp³-hybridized carbons (Fsp3) is 0.868. The van der Waals surface area contributed by atoms with Gasteiger partial charge in [0.1, 0.15) is 24.4 Å². The van der Waals surface area contributed by atoms with Crippen molar-refractivity contribution in [3.63, 3.8) is 0 Å². The molecule has 1 rings (SSSR count). The van der Waals surface area contributed by atoms with Crippen LogP contribution in [0, 0.1) is 0 Å². The third-order valence-corrected chi connectivity index (χ3v) is 17.7. The Bertz CT molecular complexity index is 1600. The summed E-state index contributed by atoms with van der Waals surface area (Å²) in [5.41, 5.74) is 0. The monoisotopic (exact) mass is 1230 g/mol. The largest absolute Gasteiger partial charge is 0.454 e. The number of carbonyl (C=O) groups is 2. The summed E-state index contributed by atoms with van der Waals surface area (Å²) in [6.07, 6.45) is 70.2.